The number of sulfonamides is 1. The van der Waals surface area contributed by atoms with Crippen LogP contribution in [0.25, 0.3) is 0 Å². The zero-order valence-corrected chi connectivity index (χ0v) is 13.4. The Morgan fingerprint density at radius 3 is 2.52 bits per heavy atom. The van der Waals surface area contributed by atoms with E-state index in [9.17, 15) is 12.8 Å². The predicted molar refractivity (Wildman–Crippen MR) is 79.2 cm³/mol. The van der Waals surface area contributed by atoms with E-state index in [1.807, 2.05) is 0 Å². The SMILES string of the molecule is CN(C1CCCCC1)S(=O)(=O)c1cc(Cl)cc(CO)c1F. The third-order valence-corrected chi connectivity index (χ3v) is 6.12. The van der Waals surface area contributed by atoms with Gasteiger partial charge in [0.2, 0.25) is 10.0 Å². The van der Waals surface area contributed by atoms with E-state index in [-0.39, 0.29) is 16.6 Å². The molecule has 0 atom stereocenters. The summed E-state index contributed by atoms with van der Waals surface area (Å²) in [5.74, 6) is -0.926. The van der Waals surface area contributed by atoms with Gasteiger partial charge in [0.15, 0.2) is 0 Å². The lowest BCUT2D eigenvalue weighted by molar-refractivity contribution is 0.273. The Hall–Kier alpha value is -0.690. The number of benzene rings is 1. The number of hydrogen-bond donors (Lipinski definition) is 1. The molecule has 1 aliphatic rings. The minimum atomic E-state index is -3.96. The average molecular weight is 336 g/mol. The van der Waals surface area contributed by atoms with Crippen molar-refractivity contribution in [3.8, 4) is 0 Å². The van der Waals surface area contributed by atoms with E-state index in [4.69, 9.17) is 16.7 Å². The summed E-state index contributed by atoms with van der Waals surface area (Å²) >= 11 is 5.84. The Balaban J connectivity index is 2.41. The predicted octanol–water partition coefficient (Wildman–Crippen LogP) is 2.92. The zero-order chi connectivity index (χ0) is 15.6. The fraction of sp³-hybridized carbons (Fsp3) is 0.571. The zero-order valence-electron chi connectivity index (χ0n) is 11.8. The first-order valence-electron chi connectivity index (χ1n) is 6.94. The van der Waals surface area contributed by atoms with Gasteiger partial charge in [0.1, 0.15) is 10.7 Å². The highest BCUT2D eigenvalue weighted by atomic mass is 35.5. The van der Waals surface area contributed by atoms with Crippen molar-refractivity contribution in [2.24, 2.45) is 0 Å². The molecule has 1 aromatic carbocycles. The molecule has 0 heterocycles. The van der Waals surface area contributed by atoms with Crippen molar-refractivity contribution in [3.63, 3.8) is 0 Å². The van der Waals surface area contributed by atoms with Crippen molar-refractivity contribution in [1.82, 2.24) is 4.31 Å². The summed E-state index contributed by atoms with van der Waals surface area (Å²) in [7, 11) is -2.49. The van der Waals surface area contributed by atoms with Crippen LogP contribution in [0.5, 0.6) is 0 Å². The molecule has 0 aromatic heterocycles. The molecule has 0 bridgehead atoms. The maximum atomic E-state index is 14.3. The third kappa shape index (κ3) is 3.39. The quantitative estimate of drug-likeness (QED) is 0.920. The highest BCUT2D eigenvalue weighted by Crippen LogP contribution is 2.30. The molecule has 7 heteroatoms. The molecule has 0 amide bonds. The fourth-order valence-corrected chi connectivity index (χ4v) is 4.57. The number of aliphatic hydroxyl groups excluding tert-OH is 1. The maximum absolute atomic E-state index is 14.3. The first-order chi connectivity index (χ1) is 9.87. The highest BCUT2D eigenvalue weighted by molar-refractivity contribution is 7.89. The molecule has 1 aliphatic carbocycles. The Kier molecular flexibility index (Phi) is 5.24. The lowest BCUT2D eigenvalue weighted by atomic mass is 9.96. The molecular weight excluding hydrogens is 317 g/mol. The van der Waals surface area contributed by atoms with Crippen molar-refractivity contribution in [2.75, 3.05) is 7.05 Å². The van der Waals surface area contributed by atoms with E-state index < -0.39 is 27.3 Å². The molecule has 0 unspecified atom stereocenters. The Labute approximate surface area is 129 Å². The van der Waals surface area contributed by atoms with Crippen LogP contribution in [0.4, 0.5) is 4.39 Å². The second-order valence-corrected chi connectivity index (χ2v) is 7.75. The van der Waals surface area contributed by atoms with Crippen molar-refractivity contribution < 1.29 is 17.9 Å². The molecule has 1 aromatic rings. The molecule has 0 spiro atoms. The smallest absolute Gasteiger partial charge is 0.246 e. The largest absolute Gasteiger partial charge is 0.392 e. The van der Waals surface area contributed by atoms with Crippen LogP contribution in [0.3, 0.4) is 0 Å². The van der Waals surface area contributed by atoms with Crippen molar-refractivity contribution in [3.05, 3.63) is 28.5 Å². The van der Waals surface area contributed by atoms with E-state index in [0.717, 1.165) is 38.2 Å². The van der Waals surface area contributed by atoms with E-state index in [0.29, 0.717) is 0 Å². The van der Waals surface area contributed by atoms with Crippen LogP contribution in [0.15, 0.2) is 17.0 Å². The van der Waals surface area contributed by atoms with Gasteiger partial charge in [-0.05, 0) is 25.0 Å². The number of rotatable bonds is 4. The van der Waals surface area contributed by atoms with Gasteiger partial charge in [0.25, 0.3) is 0 Å². The lowest BCUT2D eigenvalue weighted by Gasteiger charge is -2.30. The normalized spacial score (nSPS) is 17.4. The van der Waals surface area contributed by atoms with Crippen LogP contribution in [-0.4, -0.2) is 30.9 Å². The third-order valence-electron chi connectivity index (χ3n) is 4.00. The number of halogens is 2. The summed E-state index contributed by atoms with van der Waals surface area (Å²) in [6.07, 6.45) is 4.62. The van der Waals surface area contributed by atoms with Gasteiger partial charge >= 0.3 is 0 Å². The molecule has 4 nitrogen and oxygen atoms in total. The molecule has 0 aliphatic heterocycles. The number of hydrogen-bond acceptors (Lipinski definition) is 3. The average Bonchev–Trinajstić information content (AvgIpc) is 2.49. The van der Waals surface area contributed by atoms with E-state index in [2.05, 4.69) is 0 Å². The molecule has 2 rings (SSSR count). The Morgan fingerprint density at radius 2 is 1.95 bits per heavy atom. The van der Waals surface area contributed by atoms with Crippen molar-refractivity contribution >= 4 is 21.6 Å². The van der Waals surface area contributed by atoms with Gasteiger partial charge in [-0.15, -0.1) is 0 Å². The van der Waals surface area contributed by atoms with Crippen LogP contribution in [0, 0.1) is 5.82 Å². The topological polar surface area (TPSA) is 57.6 Å². The minimum Gasteiger partial charge on any atom is -0.392 e. The van der Waals surface area contributed by atoms with E-state index in [1.165, 1.54) is 17.4 Å². The summed E-state index contributed by atoms with van der Waals surface area (Å²) in [5.41, 5.74) is -0.113. The number of nitrogens with zero attached hydrogens (tertiary/aromatic N) is 1. The summed E-state index contributed by atoms with van der Waals surface area (Å²) in [6, 6.07) is 2.22. The summed E-state index contributed by atoms with van der Waals surface area (Å²) in [5, 5.41) is 9.21. The maximum Gasteiger partial charge on any atom is 0.246 e. The summed E-state index contributed by atoms with van der Waals surface area (Å²) in [6.45, 7) is -0.595. The number of aliphatic hydroxyl groups is 1. The van der Waals surface area contributed by atoms with Gasteiger partial charge in [-0.25, -0.2) is 12.8 Å². The van der Waals surface area contributed by atoms with Crippen molar-refractivity contribution in [1.29, 1.82) is 0 Å². The lowest BCUT2D eigenvalue weighted by Crippen LogP contribution is -2.38. The molecule has 1 N–H and O–H groups in total. The monoisotopic (exact) mass is 335 g/mol. The first kappa shape index (κ1) is 16.7. The van der Waals surface area contributed by atoms with Gasteiger partial charge in [0, 0.05) is 23.7 Å². The van der Waals surface area contributed by atoms with Gasteiger partial charge in [0.05, 0.1) is 6.61 Å². The Bertz CT molecular complexity index is 615. The highest BCUT2D eigenvalue weighted by Gasteiger charge is 2.32. The van der Waals surface area contributed by atoms with Crippen molar-refractivity contribution in [2.45, 2.75) is 49.6 Å². The molecule has 118 valence electrons. The second kappa shape index (κ2) is 6.60. The van der Waals surface area contributed by atoms with Crippen LogP contribution in [0.1, 0.15) is 37.7 Å². The molecule has 21 heavy (non-hydrogen) atoms. The Morgan fingerprint density at radius 1 is 1.33 bits per heavy atom. The molecule has 0 radical (unpaired) electrons. The molecule has 1 fully saturated rings. The molecule has 0 saturated heterocycles. The fourth-order valence-electron chi connectivity index (χ4n) is 2.72. The van der Waals surface area contributed by atoms with Crippen LogP contribution in [0.2, 0.25) is 5.02 Å². The summed E-state index contributed by atoms with van der Waals surface area (Å²) in [4.78, 5) is -0.466. The van der Waals surface area contributed by atoms with E-state index >= 15 is 0 Å². The first-order valence-corrected chi connectivity index (χ1v) is 8.76. The van der Waals surface area contributed by atoms with Gasteiger partial charge < -0.3 is 5.11 Å². The molecule has 1 saturated carbocycles. The van der Waals surface area contributed by atoms with Crippen LogP contribution >= 0.6 is 11.6 Å². The molecular formula is C14H19ClFNO3S. The van der Waals surface area contributed by atoms with Gasteiger partial charge in [-0.3, -0.25) is 0 Å². The van der Waals surface area contributed by atoms with Gasteiger partial charge in [-0.1, -0.05) is 30.9 Å². The standard InChI is InChI=1S/C14H19ClFNO3S/c1-17(12-5-3-2-4-6-12)21(19,20)13-8-11(15)7-10(9-18)14(13)16/h7-8,12,18H,2-6,9H2,1H3. The van der Waals surface area contributed by atoms with Crippen LogP contribution < -0.4 is 0 Å². The summed E-state index contributed by atoms with van der Waals surface area (Å²) < 4.78 is 40.7. The second-order valence-electron chi connectivity index (χ2n) is 5.35. The van der Waals surface area contributed by atoms with E-state index in [1.54, 1.807) is 0 Å². The van der Waals surface area contributed by atoms with Gasteiger partial charge in [-0.2, -0.15) is 4.31 Å². The minimum absolute atomic E-state index is 0.0936. The van der Waals surface area contributed by atoms with Crippen LogP contribution in [-0.2, 0) is 16.6 Å².